The van der Waals surface area contributed by atoms with E-state index in [9.17, 15) is 0 Å². The lowest BCUT2D eigenvalue weighted by Crippen LogP contribution is -2.18. The van der Waals surface area contributed by atoms with Crippen molar-refractivity contribution in [2.75, 3.05) is 0 Å². The molecule has 0 saturated heterocycles. The van der Waals surface area contributed by atoms with Crippen LogP contribution in [0.2, 0.25) is 0 Å². The maximum atomic E-state index is 7.53. The van der Waals surface area contributed by atoms with E-state index in [-0.39, 0.29) is 0 Å². The first kappa shape index (κ1) is 1.04. The molecule has 0 nitrogen and oxygen atoms in total. The molecule has 1 saturated carbocycles. The Morgan fingerprint density at radius 3 is 2.00 bits per heavy atom. The summed E-state index contributed by atoms with van der Waals surface area (Å²) in [4.78, 5) is 0. The van der Waals surface area contributed by atoms with Gasteiger partial charge in [-0.1, -0.05) is 26.6 Å². The van der Waals surface area contributed by atoms with Crippen molar-refractivity contribution in [3.63, 3.8) is 0 Å². The molecule has 1 aliphatic carbocycles. The molecule has 0 N–H and O–H groups in total. The molecular formula is C6H12. The zero-order chi connectivity index (χ0) is 10.0. The van der Waals surface area contributed by atoms with E-state index in [0.717, 1.165) is 0 Å². The molecule has 0 bridgehead atoms. The normalized spacial score (nSPS) is 101. The monoisotopic (exact) mass is 90.1 g/mol. The summed E-state index contributed by atoms with van der Waals surface area (Å²) in [7, 11) is 0. The van der Waals surface area contributed by atoms with Gasteiger partial charge in [0.2, 0.25) is 0 Å². The molecule has 0 aromatic carbocycles. The summed E-state index contributed by atoms with van der Waals surface area (Å²) in [5.74, 6) is -3.35. The highest BCUT2D eigenvalue weighted by molar-refractivity contribution is 4.71. The second-order valence-electron chi connectivity index (χ2n) is 1.50. The summed E-state index contributed by atoms with van der Waals surface area (Å²) < 4.78 is 44.3. The van der Waals surface area contributed by atoms with Crippen LogP contribution in [0.5, 0.6) is 0 Å². The third kappa shape index (κ3) is 0.444. The van der Waals surface area contributed by atoms with Gasteiger partial charge >= 0.3 is 0 Å². The molecule has 0 heterocycles. The van der Waals surface area contributed by atoms with Crippen molar-refractivity contribution in [2.24, 2.45) is 11.8 Å². The van der Waals surface area contributed by atoms with Gasteiger partial charge in [0.05, 0.1) is 0 Å². The smallest absolute Gasteiger partial charge is 0.0303 e. The Balaban J connectivity index is 3.16. The van der Waals surface area contributed by atoms with Crippen LogP contribution in [0.1, 0.15) is 34.8 Å². The van der Waals surface area contributed by atoms with E-state index in [1.165, 1.54) is 13.8 Å². The van der Waals surface area contributed by atoms with Gasteiger partial charge in [0.25, 0.3) is 0 Å². The van der Waals surface area contributed by atoms with Crippen molar-refractivity contribution in [3.8, 4) is 0 Å². The van der Waals surface area contributed by atoms with Crippen LogP contribution in [-0.2, 0) is 0 Å². The third-order valence-corrected chi connectivity index (χ3v) is 1.00. The molecule has 36 valence electrons. The molecule has 0 aromatic heterocycles. The van der Waals surface area contributed by atoms with Crippen LogP contribution in [0.4, 0.5) is 0 Å². The van der Waals surface area contributed by atoms with E-state index in [2.05, 4.69) is 0 Å². The summed E-state index contributed by atoms with van der Waals surface area (Å²) >= 11 is 0. The Morgan fingerprint density at radius 2 is 1.83 bits per heavy atom. The second-order valence-corrected chi connectivity index (χ2v) is 1.50. The zero-order valence-corrected chi connectivity index (χ0v) is 4.00. The molecule has 6 heavy (non-hydrogen) atoms. The van der Waals surface area contributed by atoms with Crippen LogP contribution >= 0.6 is 0 Å². The summed E-state index contributed by atoms with van der Waals surface area (Å²) in [6.07, 6.45) is -4.48. The highest BCUT2D eigenvalue weighted by atomic mass is 14.3. The maximum absolute atomic E-state index is 7.53. The third-order valence-electron chi connectivity index (χ3n) is 1.00. The van der Waals surface area contributed by atoms with Gasteiger partial charge < -0.3 is 0 Å². The fourth-order valence-electron chi connectivity index (χ4n) is 0.312. The molecule has 0 radical (unpaired) electrons. The largest absolute Gasteiger partial charge is 0.0623 e. The molecule has 0 aromatic rings. The predicted molar refractivity (Wildman–Crippen MR) is 27.6 cm³/mol. The first-order valence-corrected chi connectivity index (χ1v) is 2.00. The topological polar surface area (TPSA) is 0 Å². The van der Waals surface area contributed by atoms with Crippen LogP contribution < -0.4 is 0 Å². The predicted octanol–water partition coefficient (Wildman–Crippen LogP) is 2.05. The van der Waals surface area contributed by atoms with Crippen LogP contribution in [0.3, 0.4) is 0 Å². The lowest BCUT2D eigenvalue weighted by atomic mass is 9.77. The second kappa shape index (κ2) is 1.25. The summed E-state index contributed by atoms with van der Waals surface area (Å²) in [5.41, 5.74) is 0. The molecule has 0 amide bonds. The summed E-state index contributed by atoms with van der Waals surface area (Å²) in [6.45, 7) is 2.53. The minimum absolute atomic E-state index is 1.27. The SMILES string of the molecule is [2H]C1([2H])C([2H])([2H])[C@@]([2H])(C)C1([2H])C. The fourth-order valence-corrected chi connectivity index (χ4v) is 0.312. The van der Waals surface area contributed by atoms with E-state index < -0.39 is 24.5 Å². The summed E-state index contributed by atoms with van der Waals surface area (Å²) in [6, 6.07) is 0. The van der Waals surface area contributed by atoms with E-state index in [1.807, 2.05) is 0 Å². The van der Waals surface area contributed by atoms with Crippen molar-refractivity contribution in [1.82, 2.24) is 0 Å². The van der Waals surface area contributed by atoms with E-state index in [4.69, 9.17) is 8.22 Å². The van der Waals surface area contributed by atoms with Crippen molar-refractivity contribution < 1.29 is 8.22 Å². The average Bonchev–Trinajstić information content (AvgIpc) is 1.84. The quantitative estimate of drug-likeness (QED) is 0.427. The minimum atomic E-state index is -2.24. The van der Waals surface area contributed by atoms with Gasteiger partial charge in [-0.3, -0.25) is 0 Å². The Bertz CT molecular complexity index is 152. The minimum Gasteiger partial charge on any atom is -0.0623 e. The van der Waals surface area contributed by atoms with Crippen LogP contribution in [0.25, 0.3) is 0 Å². The number of hydrogen-bond acceptors (Lipinski definition) is 0. The molecule has 0 heteroatoms. The van der Waals surface area contributed by atoms with Gasteiger partial charge in [-0.2, -0.15) is 0 Å². The van der Waals surface area contributed by atoms with E-state index in [1.54, 1.807) is 0 Å². The number of hydrogen-bond donors (Lipinski definition) is 0. The molecule has 0 aliphatic heterocycles. The summed E-state index contributed by atoms with van der Waals surface area (Å²) in [5, 5.41) is 0. The molecule has 1 fully saturated rings. The van der Waals surface area contributed by atoms with Gasteiger partial charge in [-0.15, -0.1) is 0 Å². The Kier molecular flexibility index (Phi) is 0.217. The van der Waals surface area contributed by atoms with Crippen LogP contribution in [0.15, 0.2) is 0 Å². The van der Waals surface area contributed by atoms with E-state index in [0.29, 0.717) is 0 Å². The average molecular weight is 90.2 g/mol. The molecule has 1 unspecified atom stereocenters. The first-order valence-electron chi connectivity index (χ1n) is 5.00. The van der Waals surface area contributed by atoms with Crippen LogP contribution in [0, 0.1) is 11.8 Å². The van der Waals surface area contributed by atoms with Crippen LogP contribution in [-0.4, -0.2) is 0 Å². The molecular weight excluding hydrogens is 72.1 g/mol. The van der Waals surface area contributed by atoms with E-state index >= 15 is 0 Å². The highest BCUT2D eigenvalue weighted by Crippen LogP contribution is 2.32. The van der Waals surface area contributed by atoms with Gasteiger partial charge in [-0.05, 0) is 11.8 Å². The first-order chi connectivity index (χ1) is 5.00. The standard InChI is InChI=1S/C6H12/c1-5-3-4-6(5)2/h5-6H,3-4H2,1-2H3/t5-,6?/m1/s1/i3D2,4D2,5D,6D. The van der Waals surface area contributed by atoms with Gasteiger partial charge in [0, 0.05) is 8.22 Å². The van der Waals surface area contributed by atoms with Crippen molar-refractivity contribution >= 4 is 0 Å². The Hall–Kier alpha value is 0. The maximum Gasteiger partial charge on any atom is 0.0303 e. The zero-order valence-electron chi connectivity index (χ0n) is 10.0. The molecule has 1 rings (SSSR count). The lowest BCUT2D eigenvalue weighted by molar-refractivity contribution is 0.219. The van der Waals surface area contributed by atoms with Gasteiger partial charge in [0.15, 0.2) is 0 Å². The lowest BCUT2D eigenvalue weighted by Gasteiger charge is -2.29. The molecule has 1 aliphatic rings. The molecule has 0 spiro atoms. The highest BCUT2D eigenvalue weighted by Gasteiger charge is 2.20. The fraction of sp³-hybridized carbons (Fsp3) is 1.00. The number of rotatable bonds is 0. The Labute approximate surface area is 48.0 Å². The van der Waals surface area contributed by atoms with Crippen molar-refractivity contribution in [3.05, 3.63) is 0 Å². The van der Waals surface area contributed by atoms with Gasteiger partial charge in [0.1, 0.15) is 0 Å². The van der Waals surface area contributed by atoms with Crippen molar-refractivity contribution in [2.45, 2.75) is 26.6 Å². The molecule has 2 atom stereocenters. The van der Waals surface area contributed by atoms with Gasteiger partial charge in [-0.25, -0.2) is 0 Å². The van der Waals surface area contributed by atoms with Crippen molar-refractivity contribution in [1.29, 1.82) is 0 Å². The Morgan fingerprint density at radius 1 is 1.50 bits per heavy atom.